The Hall–Kier alpha value is -1.88. The highest BCUT2D eigenvalue weighted by atomic mass is 16.5. The number of carbonyl (C=O) groups is 2. The number of carboxylic acids is 1. The van der Waals surface area contributed by atoms with Crippen molar-refractivity contribution in [1.29, 1.82) is 0 Å². The fourth-order valence-electron chi connectivity index (χ4n) is 2.73. The summed E-state index contributed by atoms with van der Waals surface area (Å²) in [5.74, 6) is -1.74. The van der Waals surface area contributed by atoms with E-state index in [1.807, 2.05) is 31.2 Å². The third-order valence-electron chi connectivity index (χ3n) is 3.67. The molecule has 1 amide bonds. The molecule has 0 aromatic heterocycles. The fraction of sp³-hybridized carbons (Fsp3) is 0.467. The topological polar surface area (TPSA) is 66.8 Å². The number of hydrogen-bond acceptors (Lipinski definition) is 3. The maximum atomic E-state index is 12.1. The summed E-state index contributed by atoms with van der Waals surface area (Å²) in [4.78, 5) is 25.1. The normalized spacial score (nSPS) is 22.3. The van der Waals surface area contributed by atoms with Crippen LogP contribution in [-0.2, 0) is 14.3 Å². The molecule has 20 heavy (non-hydrogen) atoms. The zero-order valence-electron chi connectivity index (χ0n) is 11.7. The zero-order chi connectivity index (χ0) is 14.7. The molecule has 1 saturated heterocycles. The number of likely N-dealkylation sites (tertiary alicyclic amines) is 1. The zero-order valence-corrected chi connectivity index (χ0v) is 11.7. The van der Waals surface area contributed by atoms with Crippen LogP contribution in [0.5, 0.6) is 0 Å². The van der Waals surface area contributed by atoms with Gasteiger partial charge in [0, 0.05) is 20.1 Å². The molecule has 0 unspecified atom stereocenters. The van der Waals surface area contributed by atoms with Gasteiger partial charge in [-0.15, -0.1) is 0 Å². The van der Waals surface area contributed by atoms with Gasteiger partial charge in [0.2, 0.25) is 5.91 Å². The Balaban J connectivity index is 2.35. The van der Waals surface area contributed by atoms with Gasteiger partial charge in [-0.1, -0.05) is 29.8 Å². The van der Waals surface area contributed by atoms with E-state index < -0.39 is 17.9 Å². The largest absolute Gasteiger partial charge is 0.481 e. The molecule has 1 aromatic carbocycles. The van der Waals surface area contributed by atoms with E-state index in [0.717, 1.165) is 11.1 Å². The van der Waals surface area contributed by atoms with Crippen molar-refractivity contribution in [2.45, 2.75) is 19.4 Å². The molecule has 1 N–H and O–H groups in total. The Bertz CT molecular complexity index is 514. The number of aryl methyl sites for hydroxylation is 1. The van der Waals surface area contributed by atoms with Crippen molar-refractivity contribution in [3.63, 3.8) is 0 Å². The van der Waals surface area contributed by atoms with Crippen molar-refractivity contribution in [3.8, 4) is 0 Å². The molecule has 0 radical (unpaired) electrons. The van der Waals surface area contributed by atoms with Crippen LogP contribution < -0.4 is 0 Å². The highest BCUT2D eigenvalue weighted by Crippen LogP contribution is 2.38. The summed E-state index contributed by atoms with van der Waals surface area (Å²) in [6, 6.07) is 7.26. The molecule has 0 bridgehead atoms. The van der Waals surface area contributed by atoms with Gasteiger partial charge >= 0.3 is 5.97 Å². The van der Waals surface area contributed by atoms with Crippen LogP contribution in [0.3, 0.4) is 0 Å². The molecule has 2 atom stereocenters. The molecule has 5 heteroatoms. The summed E-state index contributed by atoms with van der Waals surface area (Å²) >= 11 is 0. The summed E-state index contributed by atoms with van der Waals surface area (Å²) in [5, 5.41) is 9.37. The number of hydrogen-bond donors (Lipinski definition) is 1. The van der Waals surface area contributed by atoms with Crippen LogP contribution in [0, 0.1) is 12.8 Å². The van der Waals surface area contributed by atoms with Crippen molar-refractivity contribution in [3.05, 3.63) is 35.4 Å². The Morgan fingerprint density at radius 2 is 2.25 bits per heavy atom. The van der Waals surface area contributed by atoms with Crippen molar-refractivity contribution < 1.29 is 19.4 Å². The molecule has 2 rings (SSSR count). The molecule has 0 saturated carbocycles. The lowest BCUT2D eigenvalue weighted by molar-refractivity contribution is -0.142. The number of nitrogens with zero attached hydrogens (tertiary/aromatic N) is 1. The van der Waals surface area contributed by atoms with E-state index in [1.165, 1.54) is 0 Å². The predicted octanol–water partition coefficient (Wildman–Crippen LogP) is 1.62. The van der Waals surface area contributed by atoms with Crippen molar-refractivity contribution in [2.24, 2.45) is 5.92 Å². The third kappa shape index (κ3) is 2.82. The first-order valence-electron chi connectivity index (χ1n) is 6.62. The molecule has 1 aliphatic rings. The monoisotopic (exact) mass is 277 g/mol. The number of carboxylic acid groups (broad SMARTS) is 1. The van der Waals surface area contributed by atoms with E-state index in [0.29, 0.717) is 13.2 Å². The molecule has 1 aliphatic heterocycles. The predicted molar refractivity (Wildman–Crippen MR) is 73.3 cm³/mol. The third-order valence-corrected chi connectivity index (χ3v) is 3.67. The molecule has 108 valence electrons. The first kappa shape index (κ1) is 14.5. The average molecular weight is 277 g/mol. The van der Waals surface area contributed by atoms with Gasteiger partial charge in [-0.05, 0) is 12.5 Å². The highest BCUT2D eigenvalue weighted by Gasteiger charge is 2.44. The van der Waals surface area contributed by atoms with Crippen LogP contribution in [0.1, 0.15) is 23.6 Å². The van der Waals surface area contributed by atoms with Gasteiger partial charge in [-0.25, -0.2) is 0 Å². The fourth-order valence-corrected chi connectivity index (χ4v) is 2.73. The van der Waals surface area contributed by atoms with Crippen molar-refractivity contribution in [2.75, 3.05) is 20.3 Å². The number of carbonyl (C=O) groups excluding carboxylic acids is 1. The summed E-state index contributed by atoms with van der Waals surface area (Å²) in [6.45, 7) is 2.77. The number of amides is 1. The SMILES string of the molecule is COCCN1C(=O)C[C@@H](C(=O)O)[C@H]1c1cccc(C)c1. The lowest BCUT2D eigenvalue weighted by Gasteiger charge is -2.27. The summed E-state index contributed by atoms with van der Waals surface area (Å²) in [7, 11) is 1.57. The molecule has 1 heterocycles. The van der Waals surface area contributed by atoms with Crippen LogP contribution in [0.4, 0.5) is 0 Å². The van der Waals surface area contributed by atoms with Crippen LogP contribution in [-0.4, -0.2) is 42.1 Å². The van der Waals surface area contributed by atoms with E-state index in [9.17, 15) is 14.7 Å². The molecular formula is C15H19NO4. The van der Waals surface area contributed by atoms with Crippen LogP contribution in [0.2, 0.25) is 0 Å². The number of ether oxygens (including phenoxy) is 1. The highest BCUT2D eigenvalue weighted by molar-refractivity contribution is 5.87. The maximum absolute atomic E-state index is 12.1. The van der Waals surface area contributed by atoms with Gasteiger partial charge in [0.1, 0.15) is 0 Å². The van der Waals surface area contributed by atoms with E-state index in [1.54, 1.807) is 12.0 Å². The summed E-state index contributed by atoms with van der Waals surface area (Å²) in [6.07, 6.45) is 0.0532. The van der Waals surface area contributed by atoms with Crippen LogP contribution >= 0.6 is 0 Å². The van der Waals surface area contributed by atoms with Gasteiger partial charge in [-0.3, -0.25) is 9.59 Å². The van der Waals surface area contributed by atoms with Gasteiger partial charge in [0.25, 0.3) is 0 Å². The van der Waals surface area contributed by atoms with Crippen molar-refractivity contribution >= 4 is 11.9 Å². The Morgan fingerprint density at radius 3 is 2.85 bits per heavy atom. The van der Waals surface area contributed by atoms with E-state index >= 15 is 0 Å². The minimum absolute atomic E-state index is 0.0532. The van der Waals surface area contributed by atoms with E-state index in [2.05, 4.69) is 0 Å². The average Bonchev–Trinajstić information content (AvgIpc) is 2.73. The second kappa shape index (κ2) is 6.05. The van der Waals surface area contributed by atoms with Crippen LogP contribution in [0.15, 0.2) is 24.3 Å². The number of rotatable bonds is 5. The second-order valence-corrected chi connectivity index (χ2v) is 5.09. The quantitative estimate of drug-likeness (QED) is 0.888. The van der Waals surface area contributed by atoms with Gasteiger partial charge in [0.15, 0.2) is 0 Å². The van der Waals surface area contributed by atoms with Gasteiger partial charge in [-0.2, -0.15) is 0 Å². The smallest absolute Gasteiger partial charge is 0.309 e. The van der Waals surface area contributed by atoms with Gasteiger partial charge < -0.3 is 14.7 Å². The van der Waals surface area contributed by atoms with Crippen LogP contribution in [0.25, 0.3) is 0 Å². The van der Waals surface area contributed by atoms with Gasteiger partial charge in [0.05, 0.1) is 18.6 Å². The Kier molecular flexibility index (Phi) is 4.39. The first-order chi connectivity index (χ1) is 9.54. The molecule has 1 aromatic rings. The lowest BCUT2D eigenvalue weighted by atomic mass is 9.93. The van der Waals surface area contributed by atoms with E-state index in [4.69, 9.17) is 4.74 Å². The standard InChI is InChI=1S/C15H19NO4/c1-10-4-3-5-11(8-10)14-12(15(18)19)9-13(17)16(14)6-7-20-2/h3-5,8,12,14H,6-7,9H2,1-2H3,(H,18,19)/t12-,14-/m1/s1. The molecule has 0 spiro atoms. The number of aliphatic carboxylic acids is 1. The minimum atomic E-state index is -0.926. The minimum Gasteiger partial charge on any atom is -0.481 e. The Morgan fingerprint density at radius 1 is 1.50 bits per heavy atom. The van der Waals surface area contributed by atoms with Crippen molar-refractivity contribution in [1.82, 2.24) is 4.90 Å². The molecule has 5 nitrogen and oxygen atoms in total. The Labute approximate surface area is 118 Å². The molecular weight excluding hydrogens is 258 g/mol. The first-order valence-corrected chi connectivity index (χ1v) is 6.62. The summed E-state index contributed by atoms with van der Waals surface area (Å²) < 4.78 is 5.01. The maximum Gasteiger partial charge on any atom is 0.309 e. The second-order valence-electron chi connectivity index (χ2n) is 5.09. The van der Waals surface area contributed by atoms with E-state index in [-0.39, 0.29) is 12.3 Å². The summed E-state index contributed by atoms with van der Waals surface area (Å²) in [5.41, 5.74) is 1.93. The number of benzene rings is 1. The lowest BCUT2D eigenvalue weighted by Crippen LogP contribution is -2.33. The molecule has 0 aliphatic carbocycles. The molecule has 1 fully saturated rings. The number of methoxy groups -OCH3 is 1.